The summed E-state index contributed by atoms with van der Waals surface area (Å²) in [5.74, 6) is -0.658. The number of methoxy groups -OCH3 is 1. The average Bonchev–Trinajstić information content (AvgIpc) is 3.69. The van der Waals surface area contributed by atoms with E-state index in [1.54, 1.807) is 6.07 Å². The highest BCUT2D eigenvalue weighted by Gasteiger charge is 2.48. The second-order valence-corrected chi connectivity index (χ2v) is 13.3. The van der Waals surface area contributed by atoms with Crippen molar-refractivity contribution in [3.63, 3.8) is 0 Å². The summed E-state index contributed by atoms with van der Waals surface area (Å²) in [5, 5.41) is 22.4. The van der Waals surface area contributed by atoms with Gasteiger partial charge in [-0.05, 0) is 92.4 Å². The first-order chi connectivity index (χ1) is 23.2. The molecule has 8 rings (SSSR count). The lowest BCUT2D eigenvalue weighted by molar-refractivity contribution is -0.0719. The first-order valence-electron chi connectivity index (χ1n) is 17.4. The highest BCUT2D eigenvalue weighted by molar-refractivity contribution is 6.01. The number of hydrogen-bond donors (Lipinski definition) is 2. The Balaban J connectivity index is 0.000000310. The molecule has 8 nitrogen and oxygen atoms in total. The van der Waals surface area contributed by atoms with Gasteiger partial charge in [-0.25, -0.2) is 13.2 Å². The van der Waals surface area contributed by atoms with Gasteiger partial charge in [0, 0.05) is 42.9 Å². The maximum atomic E-state index is 16.3. The van der Waals surface area contributed by atoms with Gasteiger partial charge in [0.25, 0.3) is 0 Å². The van der Waals surface area contributed by atoms with Crippen molar-refractivity contribution >= 4 is 27.5 Å². The Hall–Kier alpha value is -3.70. The molecule has 1 spiro atoms. The van der Waals surface area contributed by atoms with E-state index in [2.05, 4.69) is 24.8 Å². The van der Waals surface area contributed by atoms with Gasteiger partial charge >= 0.3 is 6.01 Å². The number of phenols is 1. The van der Waals surface area contributed by atoms with Gasteiger partial charge in [0.2, 0.25) is 0 Å². The van der Waals surface area contributed by atoms with Crippen LogP contribution in [0.4, 0.5) is 19.0 Å². The molecular weight excluding hydrogens is 619 g/mol. The number of halogens is 3. The summed E-state index contributed by atoms with van der Waals surface area (Å²) >= 11 is 0. The van der Waals surface area contributed by atoms with E-state index in [4.69, 9.17) is 4.74 Å². The fraction of sp³-hybridized carbons (Fsp3) is 0.541. The number of alkyl halides is 1. The standard InChI is InChI=1S/C28H28F2N4O3.C7H12FN.C2H6/c1-3-17-20(29)6-5-15-11-16(35)12-18(22(15)17)24-23(30)25-19(13-31-24)26(33-27(32-25)37-2)34-10-4-8-28(14-34)9-7-21(28)36;8-6-4-7-2-1-3-9(7)5-6;1-2/h5-6,11-13,21,35-36H,3-4,7-10,14H2,1-2H3;6-7H,1-5H2;1-2H3. The van der Waals surface area contributed by atoms with Crippen LogP contribution in [-0.2, 0) is 6.42 Å². The normalized spacial score (nSPS) is 24.9. The number of aromatic hydroxyl groups is 1. The zero-order valence-corrected chi connectivity index (χ0v) is 28.3. The maximum absolute atomic E-state index is 16.3. The molecule has 0 radical (unpaired) electrons. The molecule has 0 amide bonds. The summed E-state index contributed by atoms with van der Waals surface area (Å²) in [6.07, 6.45) is 7.96. The molecule has 0 bridgehead atoms. The van der Waals surface area contributed by atoms with Crippen molar-refractivity contribution in [3.8, 4) is 23.0 Å². The number of benzene rings is 2. The number of aliphatic hydroxyl groups is 1. The van der Waals surface area contributed by atoms with Crippen molar-refractivity contribution < 1.29 is 28.1 Å². The Morgan fingerprint density at radius 1 is 1.06 bits per heavy atom. The molecule has 2 aromatic carbocycles. The number of hydrogen-bond acceptors (Lipinski definition) is 8. The summed E-state index contributed by atoms with van der Waals surface area (Å²) in [6.45, 7) is 9.01. The molecule has 4 aromatic rings. The minimum atomic E-state index is -0.701. The summed E-state index contributed by atoms with van der Waals surface area (Å²) in [7, 11) is 1.43. The van der Waals surface area contributed by atoms with E-state index in [0.29, 0.717) is 65.2 Å². The van der Waals surface area contributed by atoms with Crippen molar-refractivity contribution in [1.82, 2.24) is 19.9 Å². The second kappa shape index (κ2) is 14.0. The monoisotopic (exact) mass is 665 g/mol. The fourth-order valence-electron chi connectivity index (χ4n) is 8.10. The summed E-state index contributed by atoms with van der Waals surface area (Å²) in [5.41, 5.74) is 0.541. The Morgan fingerprint density at radius 3 is 2.56 bits per heavy atom. The van der Waals surface area contributed by atoms with Crippen LogP contribution in [0, 0.1) is 17.0 Å². The summed E-state index contributed by atoms with van der Waals surface area (Å²) in [6, 6.07) is 6.48. The number of anilines is 1. The van der Waals surface area contributed by atoms with Gasteiger partial charge < -0.3 is 19.8 Å². The largest absolute Gasteiger partial charge is 0.508 e. The number of ether oxygens (including phenoxy) is 1. The van der Waals surface area contributed by atoms with Crippen LogP contribution >= 0.6 is 0 Å². The maximum Gasteiger partial charge on any atom is 0.318 e. The molecule has 4 unspecified atom stereocenters. The van der Waals surface area contributed by atoms with E-state index in [-0.39, 0.29) is 34.5 Å². The summed E-state index contributed by atoms with van der Waals surface area (Å²) < 4.78 is 48.9. The Kier molecular flexibility index (Phi) is 9.99. The number of pyridine rings is 1. The lowest BCUT2D eigenvalue weighted by Gasteiger charge is -2.52. The van der Waals surface area contributed by atoms with E-state index in [1.165, 1.54) is 44.3 Å². The van der Waals surface area contributed by atoms with Crippen LogP contribution in [0.5, 0.6) is 11.8 Å². The number of fused-ring (bicyclic) bond motifs is 3. The van der Waals surface area contributed by atoms with Gasteiger partial charge in [0.05, 0.1) is 18.6 Å². The minimum Gasteiger partial charge on any atom is -0.508 e. The molecular formula is C37H46F3N5O3. The zero-order chi connectivity index (χ0) is 34.2. The number of rotatable bonds is 4. The van der Waals surface area contributed by atoms with Crippen molar-refractivity contribution in [2.75, 3.05) is 38.2 Å². The molecule has 48 heavy (non-hydrogen) atoms. The topological polar surface area (TPSA) is 94.8 Å². The molecule has 3 aliphatic heterocycles. The average molecular weight is 666 g/mol. The highest BCUT2D eigenvalue weighted by Crippen LogP contribution is 2.49. The van der Waals surface area contributed by atoms with Crippen LogP contribution in [-0.4, -0.2) is 81.7 Å². The smallest absolute Gasteiger partial charge is 0.318 e. The highest BCUT2D eigenvalue weighted by atomic mass is 19.1. The van der Waals surface area contributed by atoms with Gasteiger partial charge in [-0.2, -0.15) is 9.97 Å². The van der Waals surface area contributed by atoms with Crippen molar-refractivity contribution in [3.05, 3.63) is 47.7 Å². The zero-order valence-electron chi connectivity index (χ0n) is 28.3. The molecule has 5 heterocycles. The molecule has 2 N–H and O–H groups in total. The molecule has 1 aliphatic carbocycles. The van der Waals surface area contributed by atoms with Crippen LogP contribution in [0.3, 0.4) is 0 Å². The molecule has 11 heteroatoms. The van der Waals surface area contributed by atoms with Crippen LogP contribution in [0.15, 0.2) is 30.5 Å². The number of aromatic nitrogens is 3. The predicted molar refractivity (Wildman–Crippen MR) is 182 cm³/mol. The molecule has 258 valence electrons. The lowest BCUT2D eigenvalue weighted by Crippen LogP contribution is -2.55. The van der Waals surface area contributed by atoms with Crippen LogP contribution in [0.2, 0.25) is 0 Å². The van der Waals surface area contributed by atoms with Crippen molar-refractivity contribution in [2.24, 2.45) is 5.41 Å². The van der Waals surface area contributed by atoms with Crippen LogP contribution < -0.4 is 9.64 Å². The first kappa shape index (κ1) is 34.2. The third kappa shape index (κ3) is 6.15. The van der Waals surface area contributed by atoms with Gasteiger partial charge in [-0.3, -0.25) is 9.88 Å². The Morgan fingerprint density at radius 2 is 1.88 bits per heavy atom. The predicted octanol–water partition coefficient (Wildman–Crippen LogP) is 7.36. The van der Waals surface area contributed by atoms with Gasteiger partial charge in [-0.1, -0.05) is 26.8 Å². The second-order valence-electron chi connectivity index (χ2n) is 13.3. The van der Waals surface area contributed by atoms with Crippen LogP contribution in [0.25, 0.3) is 32.9 Å². The number of aliphatic hydroxyl groups excluding tert-OH is 1. The minimum absolute atomic E-state index is 0.0217. The molecule has 1 saturated carbocycles. The van der Waals surface area contributed by atoms with Crippen LogP contribution in [0.1, 0.15) is 71.3 Å². The number of aryl methyl sites for hydroxylation is 1. The fourth-order valence-corrected chi connectivity index (χ4v) is 8.10. The first-order valence-corrected chi connectivity index (χ1v) is 17.4. The number of nitrogens with zero attached hydrogens (tertiary/aromatic N) is 5. The Bertz CT molecular complexity index is 1780. The molecule has 3 saturated heterocycles. The molecule has 2 aromatic heterocycles. The van der Waals surface area contributed by atoms with E-state index >= 15 is 4.39 Å². The van der Waals surface area contributed by atoms with Crippen molar-refractivity contribution in [1.29, 1.82) is 0 Å². The van der Waals surface area contributed by atoms with Gasteiger partial charge in [-0.15, -0.1) is 0 Å². The van der Waals surface area contributed by atoms with Gasteiger partial charge in [0.1, 0.15) is 34.8 Å². The number of phenolic OH excluding ortho intramolecular Hbond substituents is 1. The van der Waals surface area contributed by atoms with Gasteiger partial charge in [0.15, 0.2) is 5.82 Å². The number of piperidine rings is 1. The molecule has 4 atom stereocenters. The third-order valence-electron chi connectivity index (χ3n) is 10.6. The van der Waals surface area contributed by atoms with E-state index in [9.17, 15) is 19.0 Å². The summed E-state index contributed by atoms with van der Waals surface area (Å²) in [4.78, 5) is 17.7. The SMILES string of the molecule is CC.CCc1c(F)ccc2cc(O)cc(-c3ncc4c(N5CCCC6(CCC6O)C5)nc(OC)nc4c3F)c12.FC1CC2CCCN2C1. The molecule has 4 aliphatic rings. The van der Waals surface area contributed by atoms with Crippen molar-refractivity contribution in [2.45, 2.75) is 90.5 Å². The third-order valence-corrected chi connectivity index (χ3v) is 10.6. The van der Waals surface area contributed by atoms with E-state index < -0.39 is 17.8 Å². The Labute approximate surface area is 280 Å². The van der Waals surface area contributed by atoms with E-state index in [0.717, 1.165) is 38.6 Å². The molecule has 4 fully saturated rings. The lowest BCUT2D eigenvalue weighted by atomic mass is 9.62. The van der Waals surface area contributed by atoms with E-state index in [1.807, 2.05) is 20.8 Å². The quantitative estimate of drug-likeness (QED) is 0.234.